The number of hydrogen-bond acceptors (Lipinski definition) is 4. The molecule has 3 N–H and O–H groups in total. The zero-order valence-corrected chi connectivity index (χ0v) is 10.9. The van der Waals surface area contributed by atoms with E-state index < -0.39 is 11.7 Å². The molecule has 0 saturated carbocycles. The molecule has 0 aliphatic heterocycles. The molecule has 1 rings (SSSR count). The molecule has 0 bridgehead atoms. The van der Waals surface area contributed by atoms with E-state index in [1.165, 1.54) is 18.2 Å². The first kappa shape index (κ1) is 13.8. The maximum absolute atomic E-state index is 11.7. The number of alkyl halides is 1. The van der Waals surface area contributed by atoms with Gasteiger partial charge in [-0.15, -0.1) is 0 Å². The molecule has 1 unspecified atom stereocenters. The number of halogens is 1. The minimum Gasteiger partial charge on any atom is -0.504 e. The normalized spacial score (nSPS) is 12.1. The van der Waals surface area contributed by atoms with Crippen LogP contribution in [0, 0.1) is 0 Å². The van der Waals surface area contributed by atoms with Crippen molar-refractivity contribution in [2.45, 2.75) is 4.83 Å². The van der Waals surface area contributed by atoms with Gasteiger partial charge in [-0.25, -0.2) is 0 Å². The molecule has 0 fully saturated rings. The molecule has 0 aliphatic rings. The molecule has 1 aromatic carbocycles. The van der Waals surface area contributed by atoms with Crippen LogP contribution >= 0.6 is 15.9 Å². The molecule has 0 aliphatic carbocycles. The van der Waals surface area contributed by atoms with Crippen molar-refractivity contribution >= 4 is 21.8 Å². The summed E-state index contributed by atoms with van der Waals surface area (Å²) in [6, 6.07) is 4.24. The largest absolute Gasteiger partial charge is 0.504 e. The maximum Gasteiger partial charge on any atom is 0.255 e. The Bertz CT molecular complexity index is 397. The van der Waals surface area contributed by atoms with E-state index in [0.29, 0.717) is 13.2 Å². The monoisotopic (exact) mass is 303 g/mol. The molecular formula is C11H14BrNO4. The van der Waals surface area contributed by atoms with Gasteiger partial charge in [-0.1, -0.05) is 22.0 Å². The van der Waals surface area contributed by atoms with E-state index in [1.807, 2.05) is 0 Å². The lowest BCUT2D eigenvalue weighted by Crippen LogP contribution is -2.31. The molecule has 0 radical (unpaired) electrons. The van der Waals surface area contributed by atoms with E-state index in [-0.39, 0.29) is 16.1 Å². The maximum atomic E-state index is 11.7. The first-order valence-electron chi connectivity index (χ1n) is 4.98. The van der Waals surface area contributed by atoms with Crippen LogP contribution in [0.1, 0.15) is 10.4 Å². The van der Waals surface area contributed by atoms with Crippen molar-refractivity contribution in [3.63, 3.8) is 0 Å². The van der Waals surface area contributed by atoms with Crippen LogP contribution in [0.5, 0.6) is 11.5 Å². The third kappa shape index (κ3) is 3.90. The van der Waals surface area contributed by atoms with E-state index >= 15 is 0 Å². The van der Waals surface area contributed by atoms with Crippen molar-refractivity contribution in [1.82, 2.24) is 5.32 Å². The van der Waals surface area contributed by atoms with Gasteiger partial charge in [0.25, 0.3) is 5.91 Å². The number of carbonyl (C=O) groups excluding carboxylic acids is 1. The summed E-state index contributed by atoms with van der Waals surface area (Å²) in [5, 5.41) is 21.4. The van der Waals surface area contributed by atoms with Crippen LogP contribution in [-0.2, 0) is 4.74 Å². The van der Waals surface area contributed by atoms with Crippen molar-refractivity contribution < 1.29 is 19.7 Å². The van der Waals surface area contributed by atoms with E-state index in [4.69, 9.17) is 4.74 Å². The number of nitrogens with one attached hydrogen (secondary N) is 1. The predicted molar refractivity (Wildman–Crippen MR) is 66.7 cm³/mol. The fourth-order valence-corrected chi connectivity index (χ4v) is 1.68. The van der Waals surface area contributed by atoms with Gasteiger partial charge < -0.3 is 20.3 Å². The smallest absolute Gasteiger partial charge is 0.255 e. The van der Waals surface area contributed by atoms with Crippen molar-refractivity contribution in [1.29, 1.82) is 0 Å². The number of amides is 1. The number of hydrogen-bond donors (Lipinski definition) is 3. The SMILES string of the molecule is COCC(Br)CNC(=O)c1cccc(O)c1O. The summed E-state index contributed by atoms with van der Waals surface area (Å²) < 4.78 is 4.90. The number of ether oxygens (including phenoxy) is 1. The fraction of sp³-hybridized carbons (Fsp3) is 0.364. The summed E-state index contributed by atoms with van der Waals surface area (Å²) in [6.45, 7) is 0.827. The van der Waals surface area contributed by atoms with E-state index in [9.17, 15) is 15.0 Å². The quantitative estimate of drug-likeness (QED) is 0.565. The summed E-state index contributed by atoms with van der Waals surface area (Å²) in [6.07, 6.45) is 0. The number of carbonyl (C=O) groups is 1. The Balaban J connectivity index is 2.61. The highest BCUT2D eigenvalue weighted by molar-refractivity contribution is 9.09. The third-order valence-corrected chi connectivity index (χ3v) is 2.68. The lowest BCUT2D eigenvalue weighted by molar-refractivity contribution is 0.0946. The van der Waals surface area contributed by atoms with Gasteiger partial charge in [0.1, 0.15) is 0 Å². The lowest BCUT2D eigenvalue weighted by Gasteiger charge is -2.11. The molecule has 1 atom stereocenters. The molecule has 5 nitrogen and oxygen atoms in total. The Morgan fingerprint density at radius 1 is 1.53 bits per heavy atom. The Morgan fingerprint density at radius 3 is 2.88 bits per heavy atom. The van der Waals surface area contributed by atoms with Crippen LogP contribution in [0.15, 0.2) is 18.2 Å². The van der Waals surface area contributed by atoms with Crippen LogP contribution < -0.4 is 5.32 Å². The standard InChI is InChI=1S/C11H14BrNO4/c1-17-6-7(12)5-13-11(16)8-3-2-4-9(14)10(8)15/h2-4,7,14-15H,5-6H2,1H3,(H,13,16). The molecule has 1 amide bonds. The zero-order chi connectivity index (χ0) is 12.8. The molecule has 6 heteroatoms. The molecule has 1 aromatic rings. The summed E-state index contributed by atoms with van der Waals surface area (Å²) in [5.74, 6) is -1.17. The van der Waals surface area contributed by atoms with Crippen LogP contribution in [0.3, 0.4) is 0 Å². The average molecular weight is 304 g/mol. The number of methoxy groups -OCH3 is 1. The van der Waals surface area contributed by atoms with Gasteiger partial charge in [0.2, 0.25) is 0 Å². The molecule has 17 heavy (non-hydrogen) atoms. The van der Waals surface area contributed by atoms with Crippen molar-refractivity contribution in [2.24, 2.45) is 0 Å². The molecule has 0 heterocycles. The minimum absolute atomic E-state index is 0.00379. The number of aromatic hydroxyl groups is 2. The molecule has 0 aromatic heterocycles. The fourth-order valence-electron chi connectivity index (χ4n) is 1.25. The predicted octanol–water partition coefficient (Wildman–Crippen LogP) is 1.24. The average Bonchev–Trinajstić information content (AvgIpc) is 2.30. The highest BCUT2D eigenvalue weighted by atomic mass is 79.9. The van der Waals surface area contributed by atoms with E-state index in [1.54, 1.807) is 7.11 Å². The summed E-state index contributed by atoms with van der Waals surface area (Å²) in [4.78, 5) is 11.7. The third-order valence-electron chi connectivity index (χ3n) is 2.09. The molecule has 0 saturated heterocycles. The summed E-state index contributed by atoms with van der Waals surface area (Å²) in [7, 11) is 1.57. The van der Waals surface area contributed by atoms with Gasteiger partial charge in [-0.05, 0) is 12.1 Å². The first-order chi connectivity index (χ1) is 8.06. The van der Waals surface area contributed by atoms with Crippen molar-refractivity contribution in [3.05, 3.63) is 23.8 Å². The van der Waals surface area contributed by atoms with E-state index in [2.05, 4.69) is 21.2 Å². The molecular weight excluding hydrogens is 290 g/mol. The van der Waals surface area contributed by atoms with Gasteiger partial charge in [0, 0.05) is 13.7 Å². The Labute approximate surface area is 108 Å². The number of para-hydroxylation sites is 1. The van der Waals surface area contributed by atoms with Gasteiger partial charge >= 0.3 is 0 Å². The second kappa shape index (κ2) is 6.46. The summed E-state index contributed by atoms with van der Waals surface area (Å²) in [5.41, 5.74) is 0.0436. The number of rotatable bonds is 5. The summed E-state index contributed by atoms with van der Waals surface area (Å²) >= 11 is 3.32. The van der Waals surface area contributed by atoms with Crippen LogP contribution in [0.25, 0.3) is 0 Å². The highest BCUT2D eigenvalue weighted by Crippen LogP contribution is 2.27. The Morgan fingerprint density at radius 2 is 2.24 bits per heavy atom. The zero-order valence-electron chi connectivity index (χ0n) is 9.31. The molecule has 0 spiro atoms. The minimum atomic E-state index is -0.445. The highest BCUT2D eigenvalue weighted by Gasteiger charge is 2.14. The second-order valence-electron chi connectivity index (χ2n) is 3.44. The van der Waals surface area contributed by atoms with Gasteiger partial charge in [0.15, 0.2) is 11.5 Å². The van der Waals surface area contributed by atoms with Crippen LogP contribution in [0.2, 0.25) is 0 Å². The van der Waals surface area contributed by atoms with Gasteiger partial charge in [0.05, 0.1) is 17.0 Å². The lowest BCUT2D eigenvalue weighted by atomic mass is 10.1. The number of phenols is 2. The van der Waals surface area contributed by atoms with Crippen molar-refractivity contribution in [2.75, 3.05) is 20.3 Å². The van der Waals surface area contributed by atoms with Gasteiger partial charge in [-0.2, -0.15) is 0 Å². The Kier molecular flexibility index (Phi) is 5.24. The van der Waals surface area contributed by atoms with Crippen LogP contribution in [0.4, 0.5) is 0 Å². The van der Waals surface area contributed by atoms with Crippen molar-refractivity contribution in [3.8, 4) is 11.5 Å². The van der Waals surface area contributed by atoms with Crippen LogP contribution in [-0.4, -0.2) is 41.2 Å². The first-order valence-corrected chi connectivity index (χ1v) is 5.90. The molecule has 94 valence electrons. The Hall–Kier alpha value is -1.27. The second-order valence-corrected chi connectivity index (χ2v) is 4.73. The van der Waals surface area contributed by atoms with Gasteiger partial charge in [-0.3, -0.25) is 4.79 Å². The number of benzene rings is 1. The number of phenolic OH excluding ortho intramolecular Hbond substituents is 2. The topological polar surface area (TPSA) is 78.8 Å². The van der Waals surface area contributed by atoms with E-state index in [0.717, 1.165) is 0 Å².